The molecule has 16 heavy (non-hydrogen) atoms. The van der Waals surface area contributed by atoms with Crippen molar-refractivity contribution in [2.45, 2.75) is 6.54 Å². The number of furan rings is 1. The summed E-state index contributed by atoms with van der Waals surface area (Å²) in [5, 5.41) is 4.04. The van der Waals surface area contributed by atoms with E-state index in [0.717, 1.165) is 5.56 Å². The Hall–Kier alpha value is -1.07. The zero-order chi connectivity index (χ0) is 11.5. The third-order valence-electron chi connectivity index (χ3n) is 2.19. The normalized spacial score (nSPS) is 10.4. The fraction of sp³-hybridized carbons (Fsp3) is 0.182. The summed E-state index contributed by atoms with van der Waals surface area (Å²) in [7, 11) is 1.78. The van der Waals surface area contributed by atoms with Crippen LogP contribution in [0.2, 0.25) is 0 Å². The number of hydrogen-bond donors (Lipinski definition) is 0. The van der Waals surface area contributed by atoms with Gasteiger partial charge in [-0.1, -0.05) is 0 Å². The minimum Gasteiger partial charge on any atom is -0.457 e. The molecule has 5 heteroatoms. The molecule has 0 unspecified atom stereocenters. The van der Waals surface area contributed by atoms with E-state index in [2.05, 4.69) is 15.9 Å². The summed E-state index contributed by atoms with van der Waals surface area (Å²) in [6.07, 6.45) is 1.50. The maximum atomic E-state index is 12.0. The maximum Gasteiger partial charge on any atom is 0.258 e. The van der Waals surface area contributed by atoms with Crippen molar-refractivity contribution in [1.82, 2.24) is 4.90 Å². The molecule has 2 rings (SSSR count). The first-order chi connectivity index (χ1) is 7.68. The Morgan fingerprint density at radius 1 is 1.56 bits per heavy atom. The Kier molecular flexibility index (Phi) is 3.46. The van der Waals surface area contributed by atoms with E-state index >= 15 is 0 Å². The van der Waals surface area contributed by atoms with Crippen LogP contribution in [0.3, 0.4) is 0 Å². The van der Waals surface area contributed by atoms with Crippen LogP contribution in [0.15, 0.2) is 38.2 Å². The van der Waals surface area contributed by atoms with Gasteiger partial charge in [-0.15, -0.1) is 0 Å². The molecule has 0 N–H and O–H groups in total. The van der Waals surface area contributed by atoms with Gasteiger partial charge in [0.25, 0.3) is 5.91 Å². The highest BCUT2D eigenvalue weighted by molar-refractivity contribution is 9.10. The smallest absolute Gasteiger partial charge is 0.258 e. The van der Waals surface area contributed by atoms with Gasteiger partial charge in [0.1, 0.15) is 0 Å². The van der Waals surface area contributed by atoms with Gasteiger partial charge in [0.15, 0.2) is 4.67 Å². The third-order valence-corrected chi connectivity index (χ3v) is 3.54. The molecule has 0 bridgehead atoms. The molecule has 2 heterocycles. The van der Waals surface area contributed by atoms with Crippen molar-refractivity contribution in [3.8, 4) is 0 Å². The topological polar surface area (TPSA) is 33.5 Å². The Balaban J connectivity index is 2.08. The molecule has 0 radical (unpaired) electrons. The van der Waals surface area contributed by atoms with Gasteiger partial charge in [-0.3, -0.25) is 4.79 Å². The van der Waals surface area contributed by atoms with Gasteiger partial charge in [0.2, 0.25) is 0 Å². The molecule has 0 aromatic carbocycles. The molecular formula is C11H10BrNO2S. The zero-order valence-corrected chi connectivity index (χ0v) is 11.0. The number of carbonyl (C=O) groups is 1. The van der Waals surface area contributed by atoms with E-state index in [1.807, 2.05) is 16.8 Å². The van der Waals surface area contributed by atoms with Gasteiger partial charge in [0, 0.05) is 13.6 Å². The monoisotopic (exact) mass is 299 g/mol. The van der Waals surface area contributed by atoms with Crippen molar-refractivity contribution in [3.05, 3.63) is 45.0 Å². The Labute approximate surface area is 106 Å². The van der Waals surface area contributed by atoms with Gasteiger partial charge in [-0.2, -0.15) is 11.3 Å². The zero-order valence-electron chi connectivity index (χ0n) is 8.64. The van der Waals surface area contributed by atoms with E-state index in [4.69, 9.17) is 4.42 Å². The minimum atomic E-state index is -0.0492. The van der Waals surface area contributed by atoms with Crippen molar-refractivity contribution in [2.24, 2.45) is 0 Å². The molecule has 84 valence electrons. The molecule has 1 amide bonds. The molecule has 0 aliphatic carbocycles. The standard InChI is InChI=1S/C11H10BrNO2S/c1-13(6-8-3-5-16-7-8)11(14)9-2-4-15-10(9)12/h2-5,7H,6H2,1H3. The highest BCUT2D eigenvalue weighted by Gasteiger charge is 2.17. The van der Waals surface area contributed by atoms with Crippen molar-refractivity contribution < 1.29 is 9.21 Å². The van der Waals surface area contributed by atoms with Crippen LogP contribution < -0.4 is 0 Å². The number of amides is 1. The van der Waals surface area contributed by atoms with Crippen LogP contribution >= 0.6 is 27.3 Å². The molecule has 0 aliphatic heterocycles. The number of halogens is 1. The van der Waals surface area contributed by atoms with E-state index in [1.54, 1.807) is 29.4 Å². The van der Waals surface area contributed by atoms with E-state index in [9.17, 15) is 4.79 Å². The molecule has 0 aliphatic rings. The van der Waals surface area contributed by atoms with E-state index < -0.39 is 0 Å². The SMILES string of the molecule is CN(Cc1ccsc1)C(=O)c1ccoc1Br. The number of carbonyl (C=O) groups excluding carboxylic acids is 1. The lowest BCUT2D eigenvalue weighted by atomic mass is 10.2. The number of rotatable bonds is 3. The van der Waals surface area contributed by atoms with Crippen molar-refractivity contribution >= 4 is 33.2 Å². The molecule has 0 spiro atoms. The van der Waals surface area contributed by atoms with E-state index in [-0.39, 0.29) is 5.91 Å². The van der Waals surface area contributed by atoms with Crippen molar-refractivity contribution in [3.63, 3.8) is 0 Å². The number of thiophene rings is 1. The molecule has 0 saturated carbocycles. The first-order valence-electron chi connectivity index (χ1n) is 4.68. The van der Waals surface area contributed by atoms with Crippen LogP contribution in [0.4, 0.5) is 0 Å². The Bertz CT molecular complexity index is 478. The second-order valence-corrected chi connectivity index (χ2v) is 4.90. The van der Waals surface area contributed by atoms with Crippen LogP contribution in [0.5, 0.6) is 0 Å². The molecule has 2 aromatic heterocycles. The summed E-state index contributed by atoms with van der Waals surface area (Å²) in [5.74, 6) is -0.0492. The average Bonchev–Trinajstić information content (AvgIpc) is 2.88. The second-order valence-electron chi connectivity index (χ2n) is 3.40. The van der Waals surface area contributed by atoms with Crippen LogP contribution in [0.25, 0.3) is 0 Å². The van der Waals surface area contributed by atoms with Crippen LogP contribution in [-0.4, -0.2) is 17.9 Å². The largest absolute Gasteiger partial charge is 0.457 e. The summed E-state index contributed by atoms with van der Waals surface area (Å²) in [6, 6.07) is 3.68. The summed E-state index contributed by atoms with van der Waals surface area (Å²) in [4.78, 5) is 13.7. The first-order valence-corrected chi connectivity index (χ1v) is 6.41. The minimum absolute atomic E-state index is 0.0492. The highest BCUT2D eigenvalue weighted by Crippen LogP contribution is 2.20. The van der Waals surface area contributed by atoms with Crippen LogP contribution in [0.1, 0.15) is 15.9 Å². The van der Waals surface area contributed by atoms with Gasteiger partial charge in [-0.25, -0.2) is 0 Å². The summed E-state index contributed by atoms with van der Waals surface area (Å²) in [5.41, 5.74) is 1.69. The lowest BCUT2D eigenvalue weighted by Gasteiger charge is -2.15. The second kappa shape index (κ2) is 4.84. The molecule has 0 fully saturated rings. The van der Waals surface area contributed by atoms with Gasteiger partial charge in [-0.05, 0) is 44.4 Å². The molecule has 3 nitrogen and oxygen atoms in total. The summed E-state index contributed by atoms with van der Waals surface area (Å²) in [6.45, 7) is 0.611. The Morgan fingerprint density at radius 2 is 2.38 bits per heavy atom. The number of hydrogen-bond acceptors (Lipinski definition) is 3. The fourth-order valence-corrected chi connectivity index (χ4v) is 2.45. The summed E-state index contributed by atoms with van der Waals surface area (Å²) < 4.78 is 5.52. The predicted octanol–water partition coefficient (Wildman–Crippen LogP) is 3.38. The van der Waals surface area contributed by atoms with Gasteiger partial charge >= 0.3 is 0 Å². The highest BCUT2D eigenvalue weighted by atomic mass is 79.9. The van der Waals surface area contributed by atoms with Crippen molar-refractivity contribution in [1.29, 1.82) is 0 Å². The Morgan fingerprint density at radius 3 is 2.94 bits per heavy atom. The molecule has 0 saturated heterocycles. The number of nitrogens with zero attached hydrogens (tertiary/aromatic N) is 1. The third kappa shape index (κ3) is 2.36. The van der Waals surface area contributed by atoms with Gasteiger partial charge in [0.05, 0.1) is 11.8 Å². The van der Waals surface area contributed by atoms with Crippen molar-refractivity contribution in [2.75, 3.05) is 7.05 Å². The average molecular weight is 300 g/mol. The van der Waals surface area contributed by atoms with Crippen LogP contribution in [0, 0.1) is 0 Å². The fourth-order valence-electron chi connectivity index (χ4n) is 1.38. The van der Waals surface area contributed by atoms with Gasteiger partial charge < -0.3 is 9.32 Å². The molecule has 0 atom stereocenters. The summed E-state index contributed by atoms with van der Waals surface area (Å²) >= 11 is 4.83. The molecule has 2 aromatic rings. The lowest BCUT2D eigenvalue weighted by Crippen LogP contribution is -2.25. The van der Waals surface area contributed by atoms with E-state index in [1.165, 1.54) is 6.26 Å². The quantitative estimate of drug-likeness (QED) is 0.870. The first kappa shape index (κ1) is 11.4. The van der Waals surface area contributed by atoms with Crippen LogP contribution in [-0.2, 0) is 6.54 Å². The lowest BCUT2D eigenvalue weighted by molar-refractivity contribution is 0.0783. The predicted molar refractivity (Wildman–Crippen MR) is 66.5 cm³/mol. The maximum absolute atomic E-state index is 12.0. The molecular weight excluding hydrogens is 290 g/mol. The van der Waals surface area contributed by atoms with E-state index in [0.29, 0.717) is 16.8 Å².